The van der Waals surface area contributed by atoms with Crippen molar-refractivity contribution in [1.82, 2.24) is 0 Å². The number of rotatable bonds is 8. The summed E-state index contributed by atoms with van der Waals surface area (Å²) in [6.45, 7) is 0.508. The maximum absolute atomic E-state index is 14.3. The predicted molar refractivity (Wildman–Crippen MR) is 166 cm³/mol. The van der Waals surface area contributed by atoms with Gasteiger partial charge in [0.15, 0.2) is 23.6 Å². The largest absolute Gasteiger partial charge is 0.507 e. The van der Waals surface area contributed by atoms with Crippen LogP contribution >= 0.6 is 0 Å². The van der Waals surface area contributed by atoms with E-state index < -0.39 is 101 Å². The van der Waals surface area contributed by atoms with Gasteiger partial charge in [0, 0.05) is 48.4 Å². The zero-order chi connectivity index (χ0) is 34.7. The molecule has 0 radical (unpaired) electrons. The minimum atomic E-state index is -2.30. The van der Waals surface area contributed by atoms with Gasteiger partial charge in [-0.15, -0.1) is 0 Å². The monoisotopic (exact) mass is 661 g/mol. The molecule has 0 unspecified atom stereocenters. The fourth-order valence-electron chi connectivity index (χ4n) is 6.93. The van der Waals surface area contributed by atoms with Gasteiger partial charge in [-0.25, -0.2) is 0 Å². The average Bonchev–Trinajstić information content (AvgIpc) is 3.06. The van der Waals surface area contributed by atoms with Crippen molar-refractivity contribution >= 4 is 23.1 Å². The summed E-state index contributed by atoms with van der Waals surface area (Å²) in [4.78, 5) is 54.4. The molecule has 48 heavy (non-hydrogen) atoms. The van der Waals surface area contributed by atoms with Gasteiger partial charge in [-0.2, -0.15) is 0 Å². The zero-order valence-corrected chi connectivity index (χ0v) is 26.1. The zero-order valence-electron chi connectivity index (χ0n) is 26.1. The lowest BCUT2D eigenvalue weighted by Gasteiger charge is -2.42. The molecule has 0 spiro atoms. The van der Waals surface area contributed by atoms with Crippen LogP contribution in [-0.4, -0.2) is 92.5 Å². The molecule has 2 aliphatic carbocycles. The molecule has 13 heteroatoms. The van der Waals surface area contributed by atoms with Gasteiger partial charge in [0.25, 0.3) is 0 Å². The van der Waals surface area contributed by atoms with E-state index in [4.69, 9.17) is 19.9 Å². The van der Waals surface area contributed by atoms with Crippen LogP contribution < -0.4 is 10.5 Å². The van der Waals surface area contributed by atoms with Gasteiger partial charge in [-0.1, -0.05) is 30.3 Å². The highest BCUT2D eigenvalue weighted by molar-refractivity contribution is 6.32. The lowest BCUT2D eigenvalue weighted by Crippen LogP contribution is -2.53. The van der Waals surface area contributed by atoms with Crippen LogP contribution in [-0.2, 0) is 27.1 Å². The Morgan fingerprint density at radius 2 is 1.71 bits per heavy atom. The summed E-state index contributed by atoms with van der Waals surface area (Å²) in [7, 11) is 1.24. The second-order valence-corrected chi connectivity index (χ2v) is 12.4. The van der Waals surface area contributed by atoms with E-state index in [9.17, 15) is 44.7 Å². The molecule has 1 aliphatic heterocycles. The number of aromatic hydroxyl groups is 2. The van der Waals surface area contributed by atoms with Gasteiger partial charge in [0.1, 0.15) is 29.5 Å². The number of benzene rings is 3. The summed E-state index contributed by atoms with van der Waals surface area (Å²) in [6.07, 6.45) is -5.52. The molecule has 6 rings (SSSR count). The number of Topliss-reactive ketones (excluding diaryl/α,β-unsaturated/α-hetero) is 2. The summed E-state index contributed by atoms with van der Waals surface area (Å²) in [5.74, 6) is -4.89. The minimum absolute atomic E-state index is 0.0225. The number of hydrogen-bond acceptors (Lipinski definition) is 13. The van der Waals surface area contributed by atoms with Gasteiger partial charge in [0.2, 0.25) is 5.78 Å². The van der Waals surface area contributed by atoms with Crippen LogP contribution in [0.4, 0.5) is 0 Å². The normalized spacial score (nSPS) is 26.3. The Morgan fingerprint density at radius 1 is 1.02 bits per heavy atom. The summed E-state index contributed by atoms with van der Waals surface area (Å²) in [5, 5.41) is 54.6. The fourth-order valence-corrected chi connectivity index (χ4v) is 6.93. The van der Waals surface area contributed by atoms with Crippen LogP contribution in [0, 0.1) is 0 Å². The van der Waals surface area contributed by atoms with E-state index in [1.54, 1.807) is 37.3 Å². The van der Waals surface area contributed by atoms with Crippen LogP contribution in [0.15, 0.2) is 42.5 Å². The quantitative estimate of drug-likeness (QED) is 0.116. The van der Waals surface area contributed by atoms with Crippen molar-refractivity contribution in [3.05, 3.63) is 87.0 Å². The SMILES string of the molecule is COc1c(C(=O)Cc2ccccc2)ccc2c1C(=O)c1c(O)c3c(c(O)c1C2=O)C[C@@](O)(C(=O)CO)C[C@@H]3O[C@H]1C[C@H](N)[C@H](O)[C@H](C)O1. The van der Waals surface area contributed by atoms with Gasteiger partial charge >= 0.3 is 0 Å². The van der Waals surface area contributed by atoms with Gasteiger partial charge in [-0.05, 0) is 24.6 Å². The molecule has 0 saturated carbocycles. The summed E-state index contributed by atoms with van der Waals surface area (Å²) in [6, 6.07) is 10.7. The third-order valence-electron chi connectivity index (χ3n) is 9.43. The van der Waals surface area contributed by atoms with Crippen LogP contribution in [0.2, 0.25) is 0 Å². The number of aliphatic hydroxyl groups excluding tert-OH is 2. The van der Waals surface area contributed by atoms with Gasteiger partial charge in [-0.3, -0.25) is 19.2 Å². The van der Waals surface area contributed by atoms with Crippen molar-refractivity contribution in [2.24, 2.45) is 5.73 Å². The smallest absolute Gasteiger partial charge is 0.202 e. The van der Waals surface area contributed by atoms with Crippen molar-refractivity contribution in [3.8, 4) is 17.2 Å². The number of aliphatic hydroxyl groups is 3. The lowest BCUT2D eigenvalue weighted by molar-refractivity contribution is -0.247. The highest BCUT2D eigenvalue weighted by Gasteiger charge is 2.50. The Balaban J connectivity index is 1.48. The first kappa shape index (κ1) is 33.4. The number of hydrogen-bond donors (Lipinski definition) is 6. The highest BCUT2D eigenvalue weighted by Crippen LogP contribution is 2.52. The van der Waals surface area contributed by atoms with Gasteiger partial charge < -0.3 is 45.5 Å². The topological polar surface area (TPSA) is 223 Å². The minimum Gasteiger partial charge on any atom is -0.507 e. The van der Waals surface area contributed by atoms with E-state index in [0.29, 0.717) is 5.56 Å². The summed E-state index contributed by atoms with van der Waals surface area (Å²) < 4.78 is 17.4. The number of fused-ring (bicyclic) bond motifs is 3. The third kappa shape index (κ3) is 5.38. The number of methoxy groups -OCH3 is 1. The highest BCUT2D eigenvalue weighted by atomic mass is 16.7. The summed E-state index contributed by atoms with van der Waals surface area (Å²) in [5.41, 5.74) is 2.44. The molecule has 3 aromatic carbocycles. The Bertz CT molecular complexity index is 1830. The number of phenols is 2. The molecule has 3 aliphatic rings. The van der Waals surface area contributed by atoms with Crippen LogP contribution in [0.3, 0.4) is 0 Å². The van der Waals surface area contributed by atoms with E-state index in [2.05, 4.69) is 0 Å². The molecule has 1 heterocycles. The molecule has 3 aromatic rings. The first-order chi connectivity index (χ1) is 22.8. The third-order valence-corrected chi connectivity index (χ3v) is 9.43. The van der Waals surface area contributed by atoms with E-state index >= 15 is 0 Å². The molecule has 0 bridgehead atoms. The maximum Gasteiger partial charge on any atom is 0.202 e. The van der Waals surface area contributed by atoms with Crippen LogP contribution in [0.5, 0.6) is 17.2 Å². The predicted octanol–water partition coefficient (Wildman–Crippen LogP) is 1.43. The number of carbonyl (C=O) groups excluding carboxylic acids is 4. The number of ketones is 4. The van der Waals surface area contributed by atoms with Crippen molar-refractivity contribution in [1.29, 1.82) is 0 Å². The lowest BCUT2D eigenvalue weighted by atomic mass is 9.71. The molecule has 0 amide bonds. The molecule has 1 saturated heterocycles. The molecule has 252 valence electrons. The molecule has 7 N–H and O–H groups in total. The second kappa shape index (κ2) is 12.5. The molecular formula is C35H35NO12. The van der Waals surface area contributed by atoms with E-state index in [-0.39, 0.29) is 46.4 Å². The Hall–Kier alpha value is -4.50. The molecule has 0 aromatic heterocycles. The summed E-state index contributed by atoms with van der Waals surface area (Å²) >= 11 is 0. The Morgan fingerprint density at radius 3 is 2.35 bits per heavy atom. The van der Waals surface area contributed by atoms with E-state index in [1.807, 2.05) is 0 Å². The first-order valence-electron chi connectivity index (χ1n) is 15.4. The molecule has 1 fully saturated rings. The second-order valence-electron chi connectivity index (χ2n) is 12.4. The van der Waals surface area contributed by atoms with E-state index in [0.717, 1.165) is 0 Å². The first-order valence-corrected chi connectivity index (χ1v) is 15.4. The standard InChI is InChI=1S/C35H35NO12/c1-15-29(40)20(36)11-24(47-15)48-22-13-35(45,23(39)14-37)12-19-25(22)32(43)28-27(31(19)42)30(41)18-9-8-17(34(46-2)26(18)33(28)44)21(38)10-16-6-4-3-5-7-16/h3-9,15,20,22,24,29,37,40,42-43,45H,10-14,36H2,1-2H3/t15-,20-,22-,24-,29+,35-/m0/s1. The van der Waals surface area contributed by atoms with Crippen molar-refractivity contribution in [2.75, 3.05) is 13.7 Å². The van der Waals surface area contributed by atoms with E-state index in [1.165, 1.54) is 19.2 Å². The number of phenolic OH excluding ortho intramolecular Hbond substituents is 2. The molecule has 6 atom stereocenters. The van der Waals surface area contributed by atoms with Crippen LogP contribution in [0.25, 0.3) is 0 Å². The van der Waals surface area contributed by atoms with Crippen molar-refractivity contribution < 1.29 is 58.9 Å². The molecule has 13 nitrogen and oxygen atoms in total. The van der Waals surface area contributed by atoms with Crippen molar-refractivity contribution in [2.45, 2.75) is 68.9 Å². The fraction of sp³-hybridized carbons (Fsp3) is 0.371. The maximum atomic E-state index is 14.3. The average molecular weight is 662 g/mol. The Labute approximate surface area is 274 Å². The van der Waals surface area contributed by atoms with Crippen molar-refractivity contribution in [3.63, 3.8) is 0 Å². The number of carbonyl (C=O) groups is 4. The number of nitrogens with two attached hydrogens (primary N) is 1. The van der Waals surface area contributed by atoms with Crippen LogP contribution in [0.1, 0.15) is 84.8 Å². The van der Waals surface area contributed by atoms with Gasteiger partial charge in [0.05, 0.1) is 47.7 Å². The molecular weight excluding hydrogens is 626 g/mol. The number of ether oxygens (including phenoxy) is 3. The Kier molecular flexibility index (Phi) is 8.70.